The fourth-order valence-corrected chi connectivity index (χ4v) is 0.600. The van der Waals surface area contributed by atoms with Crippen LogP contribution in [0.2, 0.25) is 0 Å². The third kappa shape index (κ3) is 5.43. The maximum Gasteiger partial charge on any atom is 0.330 e. The molecule has 0 aliphatic heterocycles. The van der Waals surface area contributed by atoms with Crippen molar-refractivity contribution >= 4 is 12.4 Å². The predicted molar refractivity (Wildman–Crippen MR) is 49.1 cm³/mol. The number of carbonyl (C=O) groups excluding carboxylic acids is 1. The number of hydrogen-bond acceptors (Lipinski definition) is 2. The summed E-state index contributed by atoms with van der Waals surface area (Å²) >= 11 is 0. The van der Waals surface area contributed by atoms with Crippen LogP contribution in [0, 0.1) is 0 Å². The molecule has 0 radical (unpaired) electrons. The molecule has 4 nitrogen and oxygen atoms in total. The summed E-state index contributed by atoms with van der Waals surface area (Å²) in [6.07, 6.45) is 8.06. The van der Waals surface area contributed by atoms with Crippen molar-refractivity contribution in [2.24, 2.45) is 0 Å². The average Bonchev–Trinajstić information content (AvgIpc) is 2.10. The maximum absolute atomic E-state index is 10.4. The van der Waals surface area contributed by atoms with Crippen LogP contribution in [-0.4, -0.2) is 23.5 Å². The molecule has 0 saturated carbocycles. The highest BCUT2D eigenvalue weighted by atomic mass is 16.4. The van der Waals surface area contributed by atoms with Crippen molar-refractivity contribution in [2.45, 2.75) is 6.04 Å². The van der Waals surface area contributed by atoms with E-state index in [-0.39, 0.29) is 0 Å². The molecule has 1 amide bonds. The lowest BCUT2D eigenvalue weighted by Crippen LogP contribution is -2.33. The van der Waals surface area contributed by atoms with Gasteiger partial charge in [0.05, 0.1) is 0 Å². The Morgan fingerprint density at radius 3 is 2.54 bits per heavy atom. The van der Waals surface area contributed by atoms with Gasteiger partial charge in [0.1, 0.15) is 6.04 Å². The molecule has 0 aliphatic rings. The van der Waals surface area contributed by atoms with Crippen molar-refractivity contribution in [3.8, 4) is 0 Å². The summed E-state index contributed by atoms with van der Waals surface area (Å²) in [6, 6.07) is -0.980. The number of rotatable bonds is 6. The van der Waals surface area contributed by atoms with Crippen molar-refractivity contribution in [1.29, 1.82) is 0 Å². The molecular weight excluding hydrogens is 170 g/mol. The summed E-state index contributed by atoms with van der Waals surface area (Å²) in [7, 11) is 0. The van der Waals surface area contributed by atoms with E-state index in [0.717, 1.165) is 0 Å². The molecule has 0 rings (SSSR count). The summed E-state index contributed by atoms with van der Waals surface area (Å²) in [5.41, 5.74) is 0. The quantitative estimate of drug-likeness (QED) is 0.462. The van der Waals surface area contributed by atoms with E-state index in [1.165, 1.54) is 12.2 Å². The Morgan fingerprint density at radius 1 is 1.38 bits per heavy atom. The topological polar surface area (TPSA) is 66.4 Å². The summed E-state index contributed by atoms with van der Waals surface area (Å²) < 4.78 is 0. The van der Waals surface area contributed by atoms with Crippen molar-refractivity contribution in [3.63, 3.8) is 0 Å². The van der Waals surface area contributed by atoms with Crippen LogP contribution in [0.15, 0.2) is 37.0 Å². The van der Waals surface area contributed by atoms with Crippen molar-refractivity contribution in [3.05, 3.63) is 37.0 Å². The Labute approximate surface area is 76.3 Å². The largest absolute Gasteiger partial charge is 0.479 e. The maximum atomic E-state index is 10.4. The highest BCUT2D eigenvalue weighted by Crippen LogP contribution is 1.87. The summed E-state index contributed by atoms with van der Waals surface area (Å²) in [4.78, 5) is 20.4. The van der Waals surface area contributed by atoms with Gasteiger partial charge in [0, 0.05) is 0 Å². The van der Waals surface area contributed by atoms with E-state index < -0.39 is 12.0 Å². The molecule has 70 valence electrons. The smallest absolute Gasteiger partial charge is 0.330 e. The molecule has 4 heteroatoms. The zero-order valence-corrected chi connectivity index (χ0v) is 7.01. The standard InChI is InChI=1S/C9H11NO3/c1-2-3-4-5-6-8(9(12)13)10-7-11/h2-8H,1H2,(H,10,11)(H,12,13)/b4-3-,6-5+. The highest BCUT2D eigenvalue weighted by molar-refractivity contribution is 5.78. The molecule has 0 bridgehead atoms. The first-order valence-corrected chi connectivity index (χ1v) is 3.60. The molecule has 1 atom stereocenters. The number of carbonyl (C=O) groups is 2. The van der Waals surface area contributed by atoms with Crippen LogP contribution in [0.4, 0.5) is 0 Å². The zero-order chi connectivity index (χ0) is 10.1. The van der Waals surface area contributed by atoms with Gasteiger partial charge in [-0.2, -0.15) is 0 Å². The second-order valence-corrected chi connectivity index (χ2v) is 2.11. The Hall–Kier alpha value is -1.84. The number of aliphatic carboxylic acids is 1. The lowest BCUT2D eigenvalue weighted by atomic mass is 10.2. The molecule has 0 fully saturated rings. The van der Waals surface area contributed by atoms with E-state index in [2.05, 4.69) is 11.9 Å². The van der Waals surface area contributed by atoms with Crippen LogP contribution < -0.4 is 5.32 Å². The average molecular weight is 181 g/mol. The first-order chi connectivity index (χ1) is 6.22. The van der Waals surface area contributed by atoms with Gasteiger partial charge in [-0.1, -0.05) is 37.0 Å². The van der Waals surface area contributed by atoms with Crippen LogP contribution >= 0.6 is 0 Å². The number of hydrogen-bond donors (Lipinski definition) is 2. The monoisotopic (exact) mass is 181 g/mol. The molecule has 0 aromatic heterocycles. The Kier molecular flexibility index (Phi) is 5.88. The number of amides is 1. The van der Waals surface area contributed by atoms with Gasteiger partial charge in [0.25, 0.3) is 0 Å². The van der Waals surface area contributed by atoms with Crippen LogP contribution in [0.1, 0.15) is 0 Å². The molecule has 1 unspecified atom stereocenters. The molecule has 0 aromatic carbocycles. The highest BCUT2D eigenvalue weighted by Gasteiger charge is 2.10. The molecule has 0 spiro atoms. The van der Waals surface area contributed by atoms with E-state index in [9.17, 15) is 9.59 Å². The van der Waals surface area contributed by atoms with Gasteiger partial charge in [0.15, 0.2) is 0 Å². The van der Waals surface area contributed by atoms with Crippen molar-refractivity contribution in [2.75, 3.05) is 0 Å². The van der Waals surface area contributed by atoms with E-state index in [1.807, 2.05) is 0 Å². The Bertz CT molecular complexity index is 243. The van der Waals surface area contributed by atoms with E-state index >= 15 is 0 Å². The predicted octanol–water partition coefficient (Wildman–Crippen LogP) is 0.484. The van der Waals surface area contributed by atoms with Gasteiger partial charge >= 0.3 is 5.97 Å². The molecule has 0 aliphatic carbocycles. The molecule has 2 N–H and O–H groups in total. The zero-order valence-electron chi connectivity index (χ0n) is 7.01. The first kappa shape index (κ1) is 11.2. The molecule has 13 heavy (non-hydrogen) atoms. The SMILES string of the molecule is C=C/C=C\C=C\C(NC=O)C(=O)O. The summed E-state index contributed by atoms with van der Waals surface area (Å²) in [6.45, 7) is 3.44. The van der Waals surface area contributed by atoms with Gasteiger partial charge in [-0.05, 0) is 0 Å². The second kappa shape index (κ2) is 6.84. The van der Waals surface area contributed by atoms with E-state index in [0.29, 0.717) is 6.41 Å². The van der Waals surface area contributed by atoms with Gasteiger partial charge in [-0.3, -0.25) is 4.79 Å². The van der Waals surface area contributed by atoms with E-state index in [1.54, 1.807) is 18.2 Å². The normalized spacial score (nSPS) is 12.9. The fraction of sp³-hybridized carbons (Fsp3) is 0.111. The minimum Gasteiger partial charge on any atom is -0.479 e. The number of allylic oxidation sites excluding steroid dienone is 4. The van der Waals surface area contributed by atoms with Crippen molar-refractivity contribution in [1.82, 2.24) is 5.32 Å². The van der Waals surface area contributed by atoms with Gasteiger partial charge < -0.3 is 10.4 Å². The third-order valence-electron chi connectivity index (χ3n) is 1.18. The summed E-state index contributed by atoms with van der Waals surface area (Å²) in [5, 5.41) is 10.7. The van der Waals surface area contributed by atoms with Crippen LogP contribution in [0.25, 0.3) is 0 Å². The van der Waals surface area contributed by atoms with Gasteiger partial charge in [-0.15, -0.1) is 0 Å². The molecule has 0 heterocycles. The third-order valence-corrected chi connectivity index (χ3v) is 1.18. The minimum atomic E-state index is -1.10. The second-order valence-electron chi connectivity index (χ2n) is 2.11. The fourth-order valence-electron chi connectivity index (χ4n) is 0.600. The molecule has 0 aromatic rings. The Morgan fingerprint density at radius 2 is 2.08 bits per heavy atom. The first-order valence-electron chi connectivity index (χ1n) is 3.60. The van der Waals surface area contributed by atoms with Crippen LogP contribution in [0.3, 0.4) is 0 Å². The van der Waals surface area contributed by atoms with Gasteiger partial charge in [-0.25, -0.2) is 4.79 Å². The molecule has 0 saturated heterocycles. The number of nitrogens with one attached hydrogen (secondary N) is 1. The van der Waals surface area contributed by atoms with Gasteiger partial charge in [0.2, 0.25) is 6.41 Å². The Balaban J connectivity index is 4.15. The number of carboxylic acid groups (broad SMARTS) is 1. The minimum absolute atomic E-state index is 0.348. The van der Waals surface area contributed by atoms with Crippen molar-refractivity contribution < 1.29 is 14.7 Å². The van der Waals surface area contributed by atoms with Crippen LogP contribution in [0.5, 0.6) is 0 Å². The number of carboxylic acids is 1. The molecular formula is C9H11NO3. The summed E-state index contributed by atoms with van der Waals surface area (Å²) in [5.74, 6) is -1.10. The van der Waals surface area contributed by atoms with E-state index in [4.69, 9.17) is 5.11 Å². The lowest BCUT2D eigenvalue weighted by molar-refractivity contribution is -0.139. The lowest BCUT2D eigenvalue weighted by Gasteiger charge is -2.03. The van der Waals surface area contributed by atoms with Crippen LogP contribution in [-0.2, 0) is 9.59 Å².